The molecule has 0 aliphatic rings. The second-order valence-corrected chi connectivity index (χ2v) is 8.66. The van der Waals surface area contributed by atoms with Crippen molar-refractivity contribution in [2.24, 2.45) is 0 Å². The Morgan fingerprint density at radius 1 is 0.553 bits per heavy atom. The Morgan fingerprint density at radius 3 is 1.61 bits per heavy atom. The summed E-state index contributed by atoms with van der Waals surface area (Å²) in [7, 11) is 0. The van der Waals surface area contributed by atoms with Crippen molar-refractivity contribution in [3.63, 3.8) is 0 Å². The Labute approximate surface area is 212 Å². The third-order valence-corrected chi connectivity index (χ3v) is 6.54. The van der Waals surface area contributed by atoms with Crippen LogP contribution in [0.2, 0.25) is 0 Å². The zero-order chi connectivity index (χ0) is 26.7. The van der Waals surface area contributed by atoms with E-state index < -0.39 is 33.4 Å². The molecule has 184 valence electrons. The van der Waals surface area contributed by atoms with Crippen LogP contribution in [0.15, 0.2) is 104 Å². The number of carbonyl (C=O) groups is 1. The summed E-state index contributed by atoms with van der Waals surface area (Å²) in [6.07, 6.45) is 0. The van der Waals surface area contributed by atoms with Crippen LogP contribution in [0, 0.1) is 0 Å². The van der Waals surface area contributed by atoms with Gasteiger partial charge in [0.25, 0.3) is 22.2 Å². The van der Waals surface area contributed by atoms with Gasteiger partial charge in [-0.05, 0) is 30.3 Å². The Hall–Kier alpha value is -5.57. The van der Waals surface area contributed by atoms with E-state index in [1.165, 1.54) is 60.7 Å². The second-order valence-electron chi connectivity index (χ2n) is 8.66. The summed E-state index contributed by atoms with van der Waals surface area (Å²) in [6, 6.07) is 20.4. The highest BCUT2D eigenvalue weighted by Gasteiger charge is 2.29. The molecule has 0 radical (unpaired) electrons. The Balaban J connectivity index is 1.84. The second kappa shape index (κ2) is 8.24. The topological polar surface area (TPSA) is 136 Å². The molecule has 0 unspecified atom stereocenters. The molecular weight excluding hydrogens is 488 g/mol. The van der Waals surface area contributed by atoms with Crippen molar-refractivity contribution in [3.8, 4) is 22.9 Å². The SMILES string of the molecule is O=C(c1ccccc1)c1cc2c(=O)n(-c3ccccc3O)c(=O)c2c2c(=O)n(-c3ccccc3O)c(=O)c12. The van der Waals surface area contributed by atoms with Crippen molar-refractivity contribution in [1.29, 1.82) is 0 Å². The molecule has 9 nitrogen and oxygen atoms in total. The summed E-state index contributed by atoms with van der Waals surface area (Å²) in [5, 5.41) is 19.4. The number of rotatable bonds is 4. The largest absolute Gasteiger partial charge is 0.506 e. The van der Waals surface area contributed by atoms with Gasteiger partial charge in [-0.2, -0.15) is 0 Å². The summed E-state index contributed by atoms with van der Waals surface area (Å²) in [6.45, 7) is 0. The van der Waals surface area contributed by atoms with Crippen LogP contribution in [0.4, 0.5) is 0 Å². The molecule has 38 heavy (non-hydrogen) atoms. The van der Waals surface area contributed by atoms with Crippen LogP contribution in [0.5, 0.6) is 11.5 Å². The Bertz CT molecular complexity index is 2150. The number of phenols is 2. The molecule has 2 heterocycles. The van der Waals surface area contributed by atoms with Crippen molar-refractivity contribution in [2.75, 3.05) is 0 Å². The number of para-hydroxylation sites is 4. The minimum Gasteiger partial charge on any atom is -0.506 e. The molecule has 0 aliphatic carbocycles. The van der Waals surface area contributed by atoms with Crippen molar-refractivity contribution in [3.05, 3.63) is 137 Å². The fourth-order valence-electron chi connectivity index (χ4n) is 4.82. The van der Waals surface area contributed by atoms with Gasteiger partial charge in [0.1, 0.15) is 11.5 Å². The fourth-order valence-corrected chi connectivity index (χ4v) is 4.82. The number of hydrogen-bond acceptors (Lipinski definition) is 7. The van der Waals surface area contributed by atoms with Crippen molar-refractivity contribution >= 4 is 27.3 Å². The minimum absolute atomic E-state index is 0.113. The molecule has 0 aliphatic heterocycles. The third-order valence-electron chi connectivity index (χ3n) is 6.54. The smallest absolute Gasteiger partial charge is 0.267 e. The lowest BCUT2D eigenvalue weighted by Crippen LogP contribution is -2.24. The first-order valence-corrected chi connectivity index (χ1v) is 11.5. The van der Waals surface area contributed by atoms with E-state index in [-0.39, 0.29) is 50.2 Å². The van der Waals surface area contributed by atoms with Gasteiger partial charge in [0.2, 0.25) is 0 Å². The van der Waals surface area contributed by atoms with Crippen LogP contribution in [-0.2, 0) is 0 Å². The molecule has 0 spiro atoms. The van der Waals surface area contributed by atoms with Crippen LogP contribution in [0.25, 0.3) is 32.9 Å². The molecule has 2 N–H and O–H groups in total. The predicted molar refractivity (Wildman–Crippen MR) is 141 cm³/mol. The van der Waals surface area contributed by atoms with Crippen LogP contribution >= 0.6 is 0 Å². The van der Waals surface area contributed by atoms with Gasteiger partial charge in [-0.3, -0.25) is 24.0 Å². The number of fused-ring (bicyclic) bond motifs is 3. The summed E-state index contributed by atoms with van der Waals surface area (Å²) in [5.41, 5.74) is -3.97. The summed E-state index contributed by atoms with van der Waals surface area (Å²) < 4.78 is 1.39. The molecule has 0 fully saturated rings. The normalized spacial score (nSPS) is 11.4. The first-order valence-electron chi connectivity index (χ1n) is 11.5. The monoisotopic (exact) mass is 504 g/mol. The van der Waals surface area contributed by atoms with E-state index in [4.69, 9.17) is 0 Å². The lowest BCUT2D eigenvalue weighted by atomic mass is 9.96. The number of aromatic nitrogens is 2. The molecule has 6 rings (SSSR count). The van der Waals surface area contributed by atoms with E-state index in [0.717, 1.165) is 6.07 Å². The van der Waals surface area contributed by atoms with Gasteiger partial charge in [0.05, 0.1) is 32.9 Å². The molecule has 2 aromatic heterocycles. The highest BCUT2D eigenvalue weighted by Crippen LogP contribution is 2.28. The Morgan fingerprint density at radius 2 is 1.03 bits per heavy atom. The lowest BCUT2D eigenvalue weighted by molar-refractivity contribution is 0.104. The lowest BCUT2D eigenvalue weighted by Gasteiger charge is -2.03. The quantitative estimate of drug-likeness (QED) is 0.352. The number of benzene rings is 4. The van der Waals surface area contributed by atoms with Gasteiger partial charge in [0, 0.05) is 11.1 Å². The third kappa shape index (κ3) is 3.09. The average molecular weight is 504 g/mol. The summed E-state index contributed by atoms with van der Waals surface area (Å²) in [5.74, 6) is -1.35. The summed E-state index contributed by atoms with van der Waals surface area (Å²) >= 11 is 0. The zero-order valence-electron chi connectivity index (χ0n) is 19.4. The average Bonchev–Trinajstić information content (AvgIpc) is 3.33. The number of ketones is 1. The maximum Gasteiger partial charge on any atom is 0.267 e. The first kappa shape index (κ1) is 22.9. The van der Waals surface area contributed by atoms with Crippen molar-refractivity contribution < 1.29 is 15.0 Å². The molecule has 0 atom stereocenters. The molecule has 0 bridgehead atoms. The number of nitrogens with zero attached hydrogens (tertiary/aromatic N) is 2. The first-order chi connectivity index (χ1) is 18.3. The van der Waals surface area contributed by atoms with Gasteiger partial charge in [-0.25, -0.2) is 9.13 Å². The van der Waals surface area contributed by atoms with E-state index in [0.29, 0.717) is 9.13 Å². The Kier molecular flexibility index (Phi) is 4.96. The zero-order valence-corrected chi connectivity index (χ0v) is 19.4. The van der Waals surface area contributed by atoms with Gasteiger partial charge in [0.15, 0.2) is 5.78 Å². The molecule has 9 heteroatoms. The van der Waals surface area contributed by atoms with Gasteiger partial charge in [-0.15, -0.1) is 0 Å². The van der Waals surface area contributed by atoms with E-state index in [9.17, 15) is 34.2 Å². The highest BCUT2D eigenvalue weighted by molar-refractivity contribution is 6.22. The number of carbonyl (C=O) groups excluding carboxylic acids is 1. The molecule has 0 saturated heterocycles. The van der Waals surface area contributed by atoms with Gasteiger partial charge >= 0.3 is 0 Å². The van der Waals surface area contributed by atoms with Gasteiger partial charge in [-0.1, -0.05) is 54.6 Å². The van der Waals surface area contributed by atoms with Crippen LogP contribution in [-0.4, -0.2) is 25.1 Å². The minimum atomic E-state index is -0.967. The van der Waals surface area contributed by atoms with E-state index in [2.05, 4.69) is 0 Å². The van der Waals surface area contributed by atoms with Crippen LogP contribution in [0.1, 0.15) is 15.9 Å². The molecule has 6 aromatic rings. The predicted octanol–water partition coefficient (Wildman–Crippen LogP) is 2.53. The molecule has 4 aromatic carbocycles. The standard InChI is InChI=1S/C29H16N2O7/c32-20-12-6-4-10-18(20)30-26(35)17-14-16(25(34)15-8-2-1-3-9-15)22-24(23(17)28(30)37)29(38)31(27(22)36)19-11-5-7-13-21(19)33/h1-14,32-33H. The number of hydrogen-bond donors (Lipinski definition) is 2. The molecular formula is C29H16N2O7. The number of phenolic OH excluding ortho intramolecular Hbond substituents is 2. The van der Waals surface area contributed by atoms with E-state index >= 15 is 0 Å². The van der Waals surface area contributed by atoms with Crippen molar-refractivity contribution in [1.82, 2.24) is 9.13 Å². The highest BCUT2D eigenvalue weighted by atomic mass is 16.3. The van der Waals surface area contributed by atoms with E-state index in [1.807, 2.05) is 0 Å². The number of aromatic hydroxyl groups is 2. The van der Waals surface area contributed by atoms with Crippen molar-refractivity contribution in [2.45, 2.75) is 0 Å². The maximum atomic E-state index is 13.7. The fraction of sp³-hybridized carbons (Fsp3) is 0. The maximum absolute atomic E-state index is 13.7. The molecule has 0 amide bonds. The van der Waals surface area contributed by atoms with Crippen LogP contribution < -0.4 is 22.2 Å². The van der Waals surface area contributed by atoms with Gasteiger partial charge < -0.3 is 10.2 Å². The summed E-state index contributed by atoms with van der Waals surface area (Å²) in [4.78, 5) is 68.1. The van der Waals surface area contributed by atoms with Crippen LogP contribution in [0.3, 0.4) is 0 Å². The molecule has 0 saturated carbocycles. The van der Waals surface area contributed by atoms with E-state index in [1.54, 1.807) is 18.2 Å².